The Hall–Kier alpha value is 0.423. The number of hydrogen-bond acceptors (Lipinski definition) is 5. The molecule has 1 fully saturated rings. The average Bonchev–Trinajstić information content (AvgIpc) is 2.08. The molecule has 0 aromatic rings. The van der Waals surface area contributed by atoms with Crippen LogP contribution in [0, 0.1) is 0 Å². The Morgan fingerprint density at radius 3 is 2.17 bits per heavy atom. The van der Waals surface area contributed by atoms with Gasteiger partial charge in [-0.2, -0.15) is 0 Å². The monoisotopic (exact) mass is 227 g/mol. The fourth-order valence-electron chi connectivity index (χ4n) is 1.18. The van der Waals surface area contributed by atoms with Crippen molar-refractivity contribution in [2.45, 2.75) is 29.1 Å². The Kier molecular flexibility index (Phi) is 3.58. The second kappa shape index (κ2) is 4.09. The quantitative estimate of drug-likeness (QED) is 0.368. The van der Waals surface area contributed by atoms with Crippen molar-refractivity contribution in [2.24, 2.45) is 0 Å². The standard InChI is InChI=1S/C6H11O5.Zn/c7-1-4-6(10)5(9)3(8)2-11-4;/h2-10H,1H2;/t3-,4+,5+,6+;/m0./s1. The van der Waals surface area contributed by atoms with Gasteiger partial charge in [-0.3, -0.25) is 0 Å². The van der Waals surface area contributed by atoms with E-state index in [2.05, 4.69) is 0 Å². The minimum atomic E-state index is -1.21. The van der Waals surface area contributed by atoms with E-state index in [1.807, 2.05) is 0 Å². The summed E-state index contributed by atoms with van der Waals surface area (Å²) in [4.78, 5) is 0. The molecule has 0 amide bonds. The molecule has 0 aromatic heterocycles. The third kappa shape index (κ3) is 1.84. The van der Waals surface area contributed by atoms with Crippen molar-refractivity contribution in [1.29, 1.82) is 0 Å². The van der Waals surface area contributed by atoms with Crippen molar-refractivity contribution in [2.75, 3.05) is 6.61 Å². The number of aliphatic hydroxyl groups is 4. The Morgan fingerprint density at radius 2 is 1.67 bits per heavy atom. The summed E-state index contributed by atoms with van der Waals surface area (Å²) in [7, 11) is 0. The summed E-state index contributed by atoms with van der Waals surface area (Å²) < 4.78 is 4.63. The summed E-state index contributed by atoms with van der Waals surface area (Å²) in [6, 6.07) is 0. The van der Waals surface area contributed by atoms with Crippen LogP contribution in [-0.2, 0) is 23.0 Å². The molecule has 1 saturated heterocycles. The van der Waals surface area contributed by atoms with Crippen LogP contribution in [0.2, 0.25) is 0 Å². The molecule has 1 aliphatic rings. The third-order valence-corrected chi connectivity index (χ3v) is 3.41. The maximum absolute atomic E-state index is 9.25. The molecular formula is C6H11O5Zn. The number of aliphatic hydroxyl groups excluding tert-OH is 4. The normalized spacial score (nSPS) is 49.3. The van der Waals surface area contributed by atoms with E-state index in [-0.39, 0.29) is 6.61 Å². The summed E-state index contributed by atoms with van der Waals surface area (Å²) >= 11 is 0.654. The van der Waals surface area contributed by atoms with Gasteiger partial charge < -0.3 is 0 Å². The third-order valence-electron chi connectivity index (χ3n) is 1.99. The second-order valence-electron chi connectivity index (χ2n) is 2.87. The predicted molar refractivity (Wildman–Crippen MR) is 33.8 cm³/mol. The minimum absolute atomic E-state index is 0.346. The van der Waals surface area contributed by atoms with Crippen LogP contribution >= 0.6 is 0 Å². The van der Waals surface area contributed by atoms with Crippen LogP contribution in [0.5, 0.6) is 0 Å². The SMILES string of the molecule is OC[C@H]1O[CH]([Zn])[C@H](O)[C@@H](O)[C@@H]1O. The first-order chi connectivity index (χ1) is 5.57. The molecule has 0 spiro atoms. The van der Waals surface area contributed by atoms with Crippen LogP contribution in [0.3, 0.4) is 0 Å². The van der Waals surface area contributed by atoms with Crippen molar-refractivity contribution in [3.63, 3.8) is 0 Å². The Balaban J connectivity index is 2.63. The topological polar surface area (TPSA) is 90.2 Å². The molecule has 4 N–H and O–H groups in total. The fraction of sp³-hybridized carbons (Fsp3) is 1.00. The Morgan fingerprint density at radius 1 is 1.08 bits per heavy atom. The van der Waals surface area contributed by atoms with Gasteiger partial charge in [-0.25, -0.2) is 0 Å². The maximum atomic E-state index is 9.25. The van der Waals surface area contributed by atoms with Crippen molar-refractivity contribution < 1.29 is 43.5 Å². The van der Waals surface area contributed by atoms with Gasteiger partial charge >= 0.3 is 79.2 Å². The molecule has 0 saturated carbocycles. The van der Waals surface area contributed by atoms with E-state index in [1.165, 1.54) is 0 Å². The van der Waals surface area contributed by atoms with Crippen molar-refractivity contribution in [1.82, 2.24) is 0 Å². The molecule has 0 radical (unpaired) electrons. The number of ether oxygens (including phenoxy) is 1. The Bertz CT molecular complexity index is 150. The zero-order valence-corrected chi connectivity index (χ0v) is 9.47. The average molecular weight is 229 g/mol. The van der Waals surface area contributed by atoms with E-state index in [9.17, 15) is 15.3 Å². The van der Waals surface area contributed by atoms with Gasteiger partial charge in [-0.1, -0.05) is 0 Å². The van der Waals surface area contributed by atoms with E-state index in [4.69, 9.17) is 9.84 Å². The van der Waals surface area contributed by atoms with Crippen LogP contribution in [0.1, 0.15) is 0 Å². The molecular weight excluding hydrogens is 217 g/mol. The summed E-state index contributed by atoms with van der Waals surface area (Å²) in [5.74, 6) is 0. The van der Waals surface area contributed by atoms with Gasteiger partial charge in [0.25, 0.3) is 0 Å². The zero-order valence-electron chi connectivity index (χ0n) is 6.50. The first kappa shape index (κ1) is 10.5. The van der Waals surface area contributed by atoms with Crippen LogP contribution in [0.4, 0.5) is 0 Å². The van der Waals surface area contributed by atoms with Gasteiger partial charge in [0, 0.05) is 0 Å². The summed E-state index contributed by atoms with van der Waals surface area (Å²) in [5.41, 5.74) is 0. The van der Waals surface area contributed by atoms with E-state index in [0.29, 0.717) is 18.3 Å². The van der Waals surface area contributed by atoms with E-state index in [1.54, 1.807) is 0 Å². The molecule has 1 heterocycles. The van der Waals surface area contributed by atoms with Crippen LogP contribution < -0.4 is 0 Å². The molecule has 6 heteroatoms. The fourth-order valence-corrected chi connectivity index (χ4v) is 2.28. The van der Waals surface area contributed by atoms with Crippen molar-refractivity contribution >= 4 is 0 Å². The van der Waals surface area contributed by atoms with E-state index in [0.717, 1.165) is 0 Å². The van der Waals surface area contributed by atoms with Crippen molar-refractivity contribution in [3.8, 4) is 0 Å². The molecule has 0 bridgehead atoms. The number of rotatable bonds is 1. The molecule has 0 aliphatic carbocycles. The van der Waals surface area contributed by atoms with Gasteiger partial charge in [0.15, 0.2) is 0 Å². The van der Waals surface area contributed by atoms with Gasteiger partial charge in [-0.15, -0.1) is 0 Å². The molecule has 12 heavy (non-hydrogen) atoms. The van der Waals surface area contributed by atoms with Crippen LogP contribution in [-0.4, -0.2) is 56.1 Å². The molecule has 5 atom stereocenters. The van der Waals surface area contributed by atoms with Gasteiger partial charge in [0.1, 0.15) is 0 Å². The Labute approximate surface area is 79.6 Å². The van der Waals surface area contributed by atoms with Crippen molar-refractivity contribution in [3.05, 3.63) is 0 Å². The summed E-state index contributed by atoms with van der Waals surface area (Å²) in [6.45, 7) is -0.346. The summed E-state index contributed by atoms with van der Waals surface area (Å²) in [6.07, 6.45) is -4.23. The van der Waals surface area contributed by atoms with E-state index < -0.39 is 29.1 Å². The van der Waals surface area contributed by atoms with Crippen LogP contribution in [0.15, 0.2) is 0 Å². The molecule has 67 valence electrons. The number of hydrogen-bond donors (Lipinski definition) is 4. The predicted octanol–water partition coefficient (Wildman–Crippen LogP) is -2.67. The van der Waals surface area contributed by atoms with Gasteiger partial charge in [-0.05, 0) is 0 Å². The van der Waals surface area contributed by atoms with Gasteiger partial charge in [0.2, 0.25) is 0 Å². The molecule has 5 nitrogen and oxygen atoms in total. The van der Waals surface area contributed by atoms with Gasteiger partial charge in [0.05, 0.1) is 0 Å². The first-order valence-electron chi connectivity index (χ1n) is 3.71. The first-order valence-corrected chi connectivity index (χ1v) is 5.43. The second-order valence-corrected chi connectivity index (χ2v) is 4.56. The van der Waals surface area contributed by atoms with E-state index >= 15 is 0 Å². The molecule has 1 rings (SSSR count). The molecule has 1 unspecified atom stereocenters. The summed E-state index contributed by atoms with van der Waals surface area (Å²) in [5, 5.41) is 36.5. The molecule has 0 aromatic carbocycles. The van der Waals surface area contributed by atoms with Crippen LogP contribution in [0.25, 0.3) is 0 Å². The zero-order chi connectivity index (χ0) is 9.30. The molecule has 1 aliphatic heterocycles.